The lowest BCUT2D eigenvalue weighted by atomic mass is 9.64. The third kappa shape index (κ3) is 1.40. The third-order valence-electron chi connectivity index (χ3n) is 9.50. The van der Waals surface area contributed by atoms with Gasteiger partial charge in [-0.05, 0) is 48.8 Å². The Hall–Kier alpha value is -1.46. The number of fused-ring (bicyclic) bond motifs is 7. The first-order valence-corrected chi connectivity index (χ1v) is 14.5. The maximum absolute atomic E-state index is 13.7. The van der Waals surface area contributed by atoms with Gasteiger partial charge in [0.05, 0.1) is 17.5 Å². The average molecular weight is 394 g/mol. The van der Waals surface area contributed by atoms with Crippen molar-refractivity contribution in [2.45, 2.75) is 55.6 Å². The zero-order chi connectivity index (χ0) is 19.2. The highest BCUT2D eigenvalue weighted by atomic mass is 28.3. The number of rotatable bonds is 2. The van der Waals surface area contributed by atoms with E-state index < -0.39 is 8.07 Å². The number of anilines is 1. The van der Waals surface area contributed by atoms with Crippen LogP contribution in [0.2, 0.25) is 25.2 Å². The summed E-state index contributed by atoms with van der Waals surface area (Å²) in [6, 6.07) is 9.55. The molecule has 4 aliphatic carbocycles. The summed E-state index contributed by atoms with van der Waals surface area (Å²) in [6.45, 7) is 7.33. The van der Waals surface area contributed by atoms with Crippen LogP contribution < -0.4 is 4.90 Å². The Bertz CT molecular complexity index is 893. The largest absolute Gasteiger partial charge is 0.361 e. The summed E-state index contributed by atoms with van der Waals surface area (Å²) in [5, 5.41) is 0. The number of imide groups is 1. The van der Waals surface area contributed by atoms with Crippen LogP contribution in [0.15, 0.2) is 30.3 Å². The van der Waals surface area contributed by atoms with Crippen molar-refractivity contribution in [1.29, 1.82) is 0 Å². The highest BCUT2D eigenvalue weighted by Crippen LogP contribution is 2.90. The maximum Gasteiger partial charge on any atom is 0.238 e. The number of hydrogen-bond acceptors (Lipinski definition) is 3. The van der Waals surface area contributed by atoms with Gasteiger partial charge in [0.1, 0.15) is 11.2 Å². The second-order valence-corrected chi connectivity index (χ2v) is 16.6. The van der Waals surface area contributed by atoms with Crippen LogP contribution in [0.1, 0.15) is 19.3 Å². The van der Waals surface area contributed by atoms with Gasteiger partial charge >= 0.3 is 0 Å². The molecule has 2 saturated heterocycles. The Morgan fingerprint density at radius 2 is 1.46 bits per heavy atom. The molecule has 2 amide bonds. The van der Waals surface area contributed by atoms with E-state index in [1.807, 2.05) is 30.3 Å². The van der Waals surface area contributed by atoms with E-state index in [2.05, 4.69) is 19.6 Å². The van der Waals surface area contributed by atoms with E-state index in [4.69, 9.17) is 4.74 Å². The second kappa shape index (κ2) is 4.49. The van der Waals surface area contributed by atoms with E-state index in [1.165, 1.54) is 24.2 Å². The van der Waals surface area contributed by atoms with E-state index in [-0.39, 0.29) is 46.7 Å². The number of carbonyl (C=O) groups excluding carboxylic acids is 2. The van der Waals surface area contributed by atoms with Crippen LogP contribution in [-0.2, 0) is 14.3 Å². The van der Waals surface area contributed by atoms with Crippen LogP contribution in [0.4, 0.5) is 5.69 Å². The SMILES string of the molecule is C[Si](C)(C)C1C2C3C(=O)N(c4ccccc4)C(=O)C3C1C13OC21C1CCC3C1. The van der Waals surface area contributed by atoms with Crippen molar-refractivity contribution < 1.29 is 14.3 Å². The lowest BCUT2D eigenvalue weighted by Crippen LogP contribution is -2.46. The van der Waals surface area contributed by atoms with Crippen LogP contribution in [0.25, 0.3) is 0 Å². The Labute approximate surface area is 166 Å². The molecule has 0 spiro atoms. The van der Waals surface area contributed by atoms with Crippen LogP contribution >= 0.6 is 0 Å². The number of para-hydroxylation sites is 1. The smallest absolute Gasteiger partial charge is 0.238 e. The van der Waals surface area contributed by atoms with Crippen molar-refractivity contribution in [2.24, 2.45) is 35.5 Å². The minimum absolute atomic E-state index is 0.0539. The van der Waals surface area contributed by atoms with Gasteiger partial charge in [-0.2, -0.15) is 0 Å². The molecule has 2 aliphatic heterocycles. The van der Waals surface area contributed by atoms with Crippen LogP contribution in [-0.4, -0.2) is 31.1 Å². The molecule has 146 valence electrons. The molecule has 8 unspecified atom stereocenters. The minimum Gasteiger partial charge on any atom is -0.361 e. The molecule has 1 aromatic rings. The molecule has 6 aliphatic rings. The van der Waals surface area contributed by atoms with E-state index in [0.29, 0.717) is 17.4 Å². The summed E-state index contributed by atoms with van der Waals surface area (Å²) in [5.41, 5.74) is 1.17. The first-order chi connectivity index (χ1) is 13.3. The molecule has 28 heavy (non-hydrogen) atoms. The van der Waals surface area contributed by atoms with E-state index in [9.17, 15) is 9.59 Å². The Balaban J connectivity index is 1.40. The molecule has 4 saturated carbocycles. The quantitative estimate of drug-likeness (QED) is 0.437. The van der Waals surface area contributed by atoms with Crippen molar-refractivity contribution in [2.75, 3.05) is 4.90 Å². The Kier molecular flexibility index (Phi) is 2.62. The summed E-state index contributed by atoms with van der Waals surface area (Å²) in [6.07, 6.45) is 3.79. The van der Waals surface area contributed by atoms with Crippen LogP contribution in [0.5, 0.6) is 0 Å². The average Bonchev–Trinajstić information content (AvgIpc) is 3.06. The van der Waals surface area contributed by atoms with Crippen molar-refractivity contribution in [3.05, 3.63) is 30.3 Å². The van der Waals surface area contributed by atoms with Crippen molar-refractivity contribution in [3.63, 3.8) is 0 Å². The first-order valence-electron chi connectivity index (χ1n) is 11.0. The minimum atomic E-state index is -1.54. The summed E-state index contributed by atoms with van der Waals surface area (Å²) in [5.74, 6) is 1.61. The predicted octanol–water partition coefficient (Wildman–Crippen LogP) is 3.70. The second-order valence-electron chi connectivity index (χ2n) is 11.2. The zero-order valence-corrected chi connectivity index (χ0v) is 17.7. The Morgan fingerprint density at radius 1 is 0.929 bits per heavy atom. The van der Waals surface area contributed by atoms with Crippen molar-refractivity contribution >= 4 is 25.6 Å². The monoisotopic (exact) mass is 393 g/mol. The van der Waals surface area contributed by atoms with Gasteiger partial charge in [0.15, 0.2) is 0 Å². The zero-order valence-electron chi connectivity index (χ0n) is 16.7. The molecule has 1 aromatic carbocycles. The summed E-state index contributed by atoms with van der Waals surface area (Å²) in [7, 11) is -1.54. The molecular weight excluding hydrogens is 366 g/mol. The molecule has 4 bridgehead atoms. The topological polar surface area (TPSA) is 49.9 Å². The molecular formula is C23H27NO3Si. The highest BCUT2D eigenvalue weighted by Gasteiger charge is 2.98. The molecule has 0 aromatic heterocycles. The standard InChI is InChI=1S/C23H27NO3Si/c1-28(2,3)19-17-15-16(21(26)24(20(15)25)14-7-5-4-6-8-14)18(19)23-13-10-9-12(11-13)22(17,23)27-23/h4-8,12-13,15-19H,9-11H2,1-3H3. The fraction of sp³-hybridized carbons (Fsp3) is 0.652. The summed E-state index contributed by atoms with van der Waals surface area (Å²) in [4.78, 5) is 28.9. The number of nitrogens with zero attached hydrogens (tertiary/aromatic N) is 1. The number of hydrogen-bond donors (Lipinski definition) is 0. The number of amides is 2. The van der Waals surface area contributed by atoms with Gasteiger partial charge in [-0.3, -0.25) is 14.5 Å². The molecule has 7 rings (SSSR count). The first kappa shape index (κ1) is 16.3. The summed E-state index contributed by atoms with van der Waals surface area (Å²) >= 11 is 0. The normalized spacial score (nSPS) is 52.2. The fourth-order valence-electron chi connectivity index (χ4n) is 9.13. The van der Waals surface area contributed by atoms with Gasteiger partial charge in [-0.15, -0.1) is 0 Å². The van der Waals surface area contributed by atoms with Gasteiger partial charge in [-0.25, -0.2) is 0 Å². The Morgan fingerprint density at radius 3 is 1.96 bits per heavy atom. The molecule has 5 heteroatoms. The van der Waals surface area contributed by atoms with Gasteiger partial charge in [0, 0.05) is 19.9 Å². The van der Waals surface area contributed by atoms with Gasteiger partial charge < -0.3 is 4.74 Å². The molecule has 0 N–H and O–H groups in total. The van der Waals surface area contributed by atoms with Crippen molar-refractivity contribution in [3.8, 4) is 0 Å². The molecule has 6 fully saturated rings. The third-order valence-corrected chi connectivity index (χ3v) is 12.2. The lowest BCUT2D eigenvalue weighted by molar-refractivity contribution is -0.124. The summed E-state index contributed by atoms with van der Waals surface area (Å²) < 4.78 is 6.74. The lowest BCUT2D eigenvalue weighted by Gasteiger charge is -2.37. The van der Waals surface area contributed by atoms with Gasteiger partial charge in [0.2, 0.25) is 11.8 Å². The predicted molar refractivity (Wildman–Crippen MR) is 107 cm³/mol. The van der Waals surface area contributed by atoms with E-state index >= 15 is 0 Å². The molecule has 0 radical (unpaired) electrons. The highest BCUT2D eigenvalue weighted by molar-refractivity contribution is 6.78. The maximum atomic E-state index is 13.7. The van der Waals surface area contributed by atoms with Crippen LogP contribution in [0.3, 0.4) is 0 Å². The number of benzene rings is 1. The number of carbonyl (C=O) groups is 2. The number of epoxide rings is 1. The van der Waals surface area contributed by atoms with Gasteiger partial charge in [-0.1, -0.05) is 37.8 Å². The van der Waals surface area contributed by atoms with E-state index in [1.54, 1.807) is 0 Å². The van der Waals surface area contributed by atoms with Crippen LogP contribution in [0, 0.1) is 35.5 Å². The fourth-order valence-corrected chi connectivity index (χ4v) is 12.2. The molecule has 4 nitrogen and oxygen atoms in total. The van der Waals surface area contributed by atoms with E-state index in [0.717, 1.165) is 5.69 Å². The number of ether oxygens (including phenoxy) is 1. The molecule has 2 heterocycles. The van der Waals surface area contributed by atoms with Crippen molar-refractivity contribution in [1.82, 2.24) is 0 Å². The van der Waals surface area contributed by atoms with Gasteiger partial charge in [0.25, 0.3) is 0 Å². The molecule has 8 atom stereocenters.